The van der Waals surface area contributed by atoms with E-state index in [9.17, 15) is 9.50 Å². The van der Waals surface area contributed by atoms with Gasteiger partial charge in [-0.15, -0.1) is 24.0 Å². The molecule has 1 fully saturated rings. The summed E-state index contributed by atoms with van der Waals surface area (Å²) < 4.78 is 19.7. The number of piperidine rings is 1. The lowest BCUT2D eigenvalue weighted by Crippen LogP contribution is -2.46. The van der Waals surface area contributed by atoms with Crippen LogP contribution in [0.1, 0.15) is 25.3 Å². The lowest BCUT2D eigenvalue weighted by Gasteiger charge is -2.32. The van der Waals surface area contributed by atoms with Crippen molar-refractivity contribution in [3.8, 4) is 11.5 Å². The highest BCUT2D eigenvalue weighted by Crippen LogP contribution is 2.27. The van der Waals surface area contributed by atoms with Crippen LogP contribution >= 0.6 is 24.0 Å². The summed E-state index contributed by atoms with van der Waals surface area (Å²) in [6.07, 6.45) is 1.27. The average molecular weight is 499 g/mol. The third-order valence-corrected chi connectivity index (χ3v) is 4.53. The van der Waals surface area contributed by atoms with E-state index < -0.39 is 5.82 Å². The quantitative estimate of drug-likeness (QED) is 0.369. The van der Waals surface area contributed by atoms with Crippen LogP contribution in [0.4, 0.5) is 4.39 Å². The van der Waals surface area contributed by atoms with Crippen molar-refractivity contribution >= 4 is 29.9 Å². The van der Waals surface area contributed by atoms with Gasteiger partial charge in [-0.3, -0.25) is 0 Å². The highest BCUT2D eigenvalue weighted by atomic mass is 127. The number of aliphatic hydroxyl groups excluding tert-OH is 1. The Morgan fingerprint density at radius 1 is 1.14 bits per heavy atom. The topological polar surface area (TPSA) is 57.1 Å². The first kappa shape index (κ1) is 22.4. The summed E-state index contributed by atoms with van der Waals surface area (Å²) in [7, 11) is 0. The molecule has 0 saturated carbocycles. The van der Waals surface area contributed by atoms with Gasteiger partial charge < -0.3 is 20.1 Å². The zero-order valence-corrected chi connectivity index (χ0v) is 18.3. The van der Waals surface area contributed by atoms with Crippen molar-refractivity contribution in [1.29, 1.82) is 0 Å². The molecule has 3 rings (SSSR count). The van der Waals surface area contributed by atoms with Gasteiger partial charge >= 0.3 is 0 Å². The molecule has 1 aliphatic heterocycles. The summed E-state index contributed by atoms with van der Waals surface area (Å²) in [5.74, 6) is 1.23. The predicted molar refractivity (Wildman–Crippen MR) is 120 cm³/mol. The minimum atomic E-state index is -0.393. The van der Waals surface area contributed by atoms with E-state index in [4.69, 9.17) is 9.73 Å². The van der Waals surface area contributed by atoms with Gasteiger partial charge in [0.2, 0.25) is 0 Å². The van der Waals surface area contributed by atoms with E-state index in [-0.39, 0.29) is 35.8 Å². The molecule has 0 aliphatic carbocycles. The molecule has 2 aromatic carbocycles. The number of nitrogens with one attached hydrogen (secondary N) is 1. The number of aliphatic imine (C=N–C) groups is 1. The van der Waals surface area contributed by atoms with Crippen molar-refractivity contribution < 1.29 is 14.2 Å². The summed E-state index contributed by atoms with van der Waals surface area (Å²) in [6, 6.07) is 13.9. The SMILES string of the molecule is CCNC(=NCc1ccccc1Oc1ccccc1F)N1CCC(O)CC1.I. The average Bonchev–Trinajstić information content (AvgIpc) is 2.69. The molecular formula is C21H27FIN3O2. The molecule has 0 spiro atoms. The molecule has 7 heteroatoms. The Balaban J connectivity index is 0.00000280. The minimum Gasteiger partial charge on any atom is -0.454 e. The second kappa shape index (κ2) is 11.2. The molecule has 0 amide bonds. The third-order valence-electron chi connectivity index (χ3n) is 4.53. The largest absolute Gasteiger partial charge is 0.454 e. The van der Waals surface area contributed by atoms with Gasteiger partial charge in [0, 0.05) is 25.2 Å². The molecule has 1 aliphatic rings. The number of para-hydroxylation sites is 2. The number of aliphatic hydroxyl groups is 1. The van der Waals surface area contributed by atoms with Gasteiger partial charge in [-0.05, 0) is 38.0 Å². The van der Waals surface area contributed by atoms with Gasteiger partial charge in [0.25, 0.3) is 0 Å². The van der Waals surface area contributed by atoms with Gasteiger partial charge in [0.05, 0.1) is 12.6 Å². The minimum absolute atomic E-state index is 0. The molecule has 28 heavy (non-hydrogen) atoms. The van der Waals surface area contributed by atoms with Crippen molar-refractivity contribution in [2.45, 2.75) is 32.4 Å². The van der Waals surface area contributed by atoms with E-state index in [0.29, 0.717) is 12.3 Å². The zero-order chi connectivity index (χ0) is 19.1. The van der Waals surface area contributed by atoms with Crippen LogP contribution in [0, 0.1) is 5.82 Å². The van der Waals surface area contributed by atoms with Crippen LogP contribution in [0.3, 0.4) is 0 Å². The van der Waals surface area contributed by atoms with Crippen molar-refractivity contribution in [3.05, 3.63) is 59.9 Å². The molecule has 0 aromatic heterocycles. The van der Waals surface area contributed by atoms with Crippen LogP contribution in [0.15, 0.2) is 53.5 Å². The number of likely N-dealkylation sites (tertiary alicyclic amines) is 1. The Morgan fingerprint density at radius 3 is 2.46 bits per heavy atom. The maximum absolute atomic E-state index is 13.9. The first-order valence-corrected chi connectivity index (χ1v) is 9.39. The van der Waals surface area contributed by atoms with E-state index in [1.54, 1.807) is 18.2 Å². The molecule has 152 valence electrons. The zero-order valence-electron chi connectivity index (χ0n) is 16.0. The number of guanidine groups is 1. The molecule has 2 N–H and O–H groups in total. The Labute approximate surface area is 182 Å². The fourth-order valence-corrected chi connectivity index (χ4v) is 3.04. The van der Waals surface area contributed by atoms with Crippen LogP contribution in [0.25, 0.3) is 0 Å². The predicted octanol–water partition coefficient (Wildman–Crippen LogP) is 4.16. The monoisotopic (exact) mass is 499 g/mol. The third kappa shape index (κ3) is 6.07. The highest BCUT2D eigenvalue weighted by Gasteiger charge is 2.19. The molecule has 2 aromatic rings. The lowest BCUT2D eigenvalue weighted by molar-refractivity contribution is 0.108. The second-order valence-corrected chi connectivity index (χ2v) is 6.53. The van der Waals surface area contributed by atoms with Gasteiger partial charge in [-0.2, -0.15) is 0 Å². The highest BCUT2D eigenvalue weighted by molar-refractivity contribution is 14.0. The fourth-order valence-electron chi connectivity index (χ4n) is 3.04. The van der Waals surface area contributed by atoms with Crippen molar-refractivity contribution in [2.24, 2.45) is 4.99 Å². The summed E-state index contributed by atoms with van der Waals surface area (Å²) in [6.45, 7) is 4.78. The Hall–Kier alpha value is -1.87. The summed E-state index contributed by atoms with van der Waals surface area (Å²) in [5, 5.41) is 13.0. The van der Waals surface area contributed by atoms with E-state index in [1.807, 2.05) is 31.2 Å². The summed E-state index contributed by atoms with van der Waals surface area (Å²) >= 11 is 0. The van der Waals surface area contributed by atoms with Crippen LogP contribution in [0.5, 0.6) is 11.5 Å². The number of nitrogens with zero attached hydrogens (tertiary/aromatic N) is 2. The maximum atomic E-state index is 13.9. The molecule has 1 heterocycles. The van der Waals surface area contributed by atoms with Crippen LogP contribution in [-0.4, -0.2) is 41.7 Å². The number of benzene rings is 2. The normalized spacial score (nSPS) is 15.1. The first-order chi connectivity index (χ1) is 13.2. The number of hydrogen-bond donors (Lipinski definition) is 2. The van der Waals surface area contributed by atoms with Crippen molar-refractivity contribution in [3.63, 3.8) is 0 Å². The second-order valence-electron chi connectivity index (χ2n) is 6.53. The smallest absolute Gasteiger partial charge is 0.194 e. The molecule has 0 bridgehead atoms. The Morgan fingerprint density at radius 2 is 1.79 bits per heavy atom. The number of rotatable bonds is 5. The van der Waals surface area contributed by atoms with E-state index in [2.05, 4.69) is 10.2 Å². The molecule has 1 saturated heterocycles. The van der Waals surface area contributed by atoms with Crippen LogP contribution < -0.4 is 10.1 Å². The van der Waals surface area contributed by atoms with E-state index in [0.717, 1.165) is 44.0 Å². The Bertz CT molecular complexity index is 780. The molecule has 0 atom stereocenters. The van der Waals surface area contributed by atoms with Gasteiger partial charge in [0.1, 0.15) is 5.75 Å². The van der Waals surface area contributed by atoms with Crippen molar-refractivity contribution in [2.75, 3.05) is 19.6 Å². The first-order valence-electron chi connectivity index (χ1n) is 9.39. The Kier molecular flexibility index (Phi) is 8.98. The number of hydrogen-bond acceptors (Lipinski definition) is 3. The fraction of sp³-hybridized carbons (Fsp3) is 0.381. The maximum Gasteiger partial charge on any atom is 0.194 e. The summed E-state index contributed by atoms with van der Waals surface area (Å²) in [5.41, 5.74) is 0.883. The standard InChI is InChI=1S/C21H26FN3O2.HI/c1-2-23-21(25-13-11-17(26)12-14-25)24-15-16-7-3-5-9-19(16)27-20-10-6-4-8-18(20)22;/h3-10,17,26H,2,11-15H2,1H3,(H,23,24);1H. The van der Waals surface area contributed by atoms with Gasteiger partial charge in [-0.1, -0.05) is 30.3 Å². The van der Waals surface area contributed by atoms with Crippen molar-refractivity contribution in [1.82, 2.24) is 10.2 Å². The van der Waals surface area contributed by atoms with Gasteiger partial charge in [0.15, 0.2) is 17.5 Å². The number of halogens is 2. The van der Waals surface area contributed by atoms with E-state index >= 15 is 0 Å². The molecule has 0 unspecified atom stereocenters. The summed E-state index contributed by atoms with van der Waals surface area (Å²) in [4.78, 5) is 6.90. The lowest BCUT2D eigenvalue weighted by atomic mass is 10.1. The van der Waals surface area contributed by atoms with Gasteiger partial charge in [-0.25, -0.2) is 9.38 Å². The molecule has 0 radical (unpaired) electrons. The number of ether oxygens (including phenoxy) is 1. The molecular weight excluding hydrogens is 472 g/mol. The molecule has 5 nitrogen and oxygen atoms in total. The van der Waals surface area contributed by atoms with E-state index in [1.165, 1.54) is 6.07 Å². The van der Waals surface area contributed by atoms with Crippen LogP contribution in [0.2, 0.25) is 0 Å². The van der Waals surface area contributed by atoms with Crippen LogP contribution in [-0.2, 0) is 6.54 Å².